The van der Waals surface area contributed by atoms with Gasteiger partial charge in [-0.05, 0) is 53.8 Å². The molecular formula is C23H24N2O3. The van der Waals surface area contributed by atoms with Gasteiger partial charge in [0.25, 0.3) is 5.91 Å². The molecule has 0 bridgehead atoms. The molecule has 28 heavy (non-hydrogen) atoms. The zero-order chi connectivity index (χ0) is 20.5. The molecule has 0 atom stereocenters. The first-order chi connectivity index (χ1) is 13.4. The van der Waals surface area contributed by atoms with Crippen molar-refractivity contribution in [2.45, 2.75) is 33.1 Å². The Bertz CT molecular complexity index is 889. The summed E-state index contributed by atoms with van der Waals surface area (Å²) < 4.78 is 5.06. The fraction of sp³-hybridized carbons (Fsp3) is 0.261. The monoisotopic (exact) mass is 376 g/mol. The Hall–Kier alpha value is -3.39. The number of carbonyl (C=O) groups excluding carboxylic acids is 2. The average Bonchev–Trinajstić information content (AvgIpc) is 2.71. The molecule has 0 saturated carbocycles. The zero-order valence-corrected chi connectivity index (χ0v) is 16.4. The second-order valence-electron chi connectivity index (χ2n) is 6.66. The van der Waals surface area contributed by atoms with Crippen molar-refractivity contribution in [2.24, 2.45) is 0 Å². The second-order valence-corrected chi connectivity index (χ2v) is 6.66. The maximum Gasteiger partial charge on any atom is 0.338 e. The Balaban J connectivity index is 2.07. The molecule has 0 radical (unpaired) electrons. The summed E-state index contributed by atoms with van der Waals surface area (Å²) in [6, 6.07) is 16.0. The van der Waals surface area contributed by atoms with Crippen molar-refractivity contribution in [3.63, 3.8) is 0 Å². The third kappa shape index (κ3) is 5.82. The first-order valence-electron chi connectivity index (χ1n) is 9.25. The third-order valence-electron chi connectivity index (χ3n) is 4.09. The molecule has 2 aromatic rings. The molecule has 0 saturated heterocycles. The molecule has 5 heteroatoms. The highest BCUT2D eigenvalue weighted by atomic mass is 16.5. The number of rotatable bonds is 7. The van der Waals surface area contributed by atoms with Gasteiger partial charge in [-0.3, -0.25) is 4.79 Å². The van der Waals surface area contributed by atoms with Crippen LogP contribution in [0.5, 0.6) is 0 Å². The Morgan fingerprint density at radius 3 is 2.29 bits per heavy atom. The molecular weight excluding hydrogens is 352 g/mol. The Labute approximate surface area is 165 Å². The van der Waals surface area contributed by atoms with E-state index >= 15 is 0 Å². The lowest BCUT2D eigenvalue weighted by atomic mass is 10.0. The predicted molar refractivity (Wildman–Crippen MR) is 110 cm³/mol. The summed E-state index contributed by atoms with van der Waals surface area (Å²) >= 11 is 0. The predicted octanol–water partition coefficient (Wildman–Crippen LogP) is 4.92. The van der Waals surface area contributed by atoms with Gasteiger partial charge >= 0.3 is 5.97 Å². The van der Waals surface area contributed by atoms with Crippen molar-refractivity contribution >= 4 is 23.6 Å². The minimum Gasteiger partial charge on any atom is -0.462 e. The van der Waals surface area contributed by atoms with E-state index in [1.807, 2.05) is 37.3 Å². The standard InChI is InChI=1S/C23H24N2O3/c1-4-13-28-23(27)19-9-11-21(12-10-19)25-22(26)20(15-24)14-17-5-7-18(8-6-17)16(2)3/h5-12,14,16H,4,13H2,1-3H3,(H,25,26)/b20-14+. The van der Waals surface area contributed by atoms with Gasteiger partial charge in [-0.1, -0.05) is 45.0 Å². The number of esters is 1. The van der Waals surface area contributed by atoms with Crippen molar-refractivity contribution in [2.75, 3.05) is 11.9 Å². The molecule has 0 heterocycles. The van der Waals surface area contributed by atoms with E-state index in [9.17, 15) is 14.9 Å². The SMILES string of the molecule is CCCOC(=O)c1ccc(NC(=O)/C(C#N)=C/c2ccc(C(C)C)cc2)cc1. The van der Waals surface area contributed by atoms with E-state index in [4.69, 9.17) is 4.74 Å². The van der Waals surface area contributed by atoms with E-state index in [0.717, 1.165) is 12.0 Å². The van der Waals surface area contributed by atoms with Crippen molar-refractivity contribution in [3.8, 4) is 6.07 Å². The van der Waals surface area contributed by atoms with Crippen LogP contribution in [0.15, 0.2) is 54.1 Å². The molecule has 0 aliphatic rings. The van der Waals surface area contributed by atoms with Gasteiger partial charge in [-0.15, -0.1) is 0 Å². The molecule has 2 rings (SSSR count). The van der Waals surface area contributed by atoms with Crippen molar-refractivity contribution in [3.05, 3.63) is 70.8 Å². The number of nitrogens with zero attached hydrogens (tertiary/aromatic N) is 1. The summed E-state index contributed by atoms with van der Waals surface area (Å²) in [4.78, 5) is 24.2. The maximum atomic E-state index is 12.4. The topological polar surface area (TPSA) is 79.2 Å². The van der Waals surface area contributed by atoms with Crippen LogP contribution in [0.1, 0.15) is 54.6 Å². The molecule has 1 N–H and O–H groups in total. The smallest absolute Gasteiger partial charge is 0.338 e. The number of hydrogen-bond donors (Lipinski definition) is 1. The van der Waals surface area contributed by atoms with Crippen LogP contribution in [0.3, 0.4) is 0 Å². The number of hydrogen-bond acceptors (Lipinski definition) is 4. The minimum atomic E-state index is -0.503. The molecule has 0 aliphatic heterocycles. The van der Waals surface area contributed by atoms with Gasteiger partial charge in [-0.25, -0.2) is 4.79 Å². The lowest BCUT2D eigenvalue weighted by Crippen LogP contribution is -2.13. The molecule has 5 nitrogen and oxygen atoms in total. The van der Waals surface area contributed by atoms with Crippen LogP contribution >= 0.6 is 0 Å². The highest BCUT2D eigenvalue weighted by molar-refractivity contribution is 6.09. The molecule has 144 valence electrons. The molecule has 1 amide bonds. The van der Waals surface area contributed by atoms with Crippen molar-refractivity contribution in [1.82, 2.24) is 0 Å². The average molecular weight is 376 g/mol. The minimum absolute atomic E-state index is 0.00345. The highest BCUT2D eigenvalue weighted by Crippen LogP contribution is 2.17. The number of nitrogens with one attached hydrogen (secondary N) is 1. The first kappa shape index (κ1) is 20.9. The number of carbonyl (C=O) groups is 2. The van der Waals surface area contributed by atoms with Crippen LogP contribution in [-0.2, 0) is 9.53 Å². The van der Waals surface area contributed by atoms with Gasteiger partial charge in [0, 0.05) is 5.69 Å². The summed E-state index contributed by atoms with van der Waals surface area (Å²) in [5, 5.41) is 12.0. The van der Waals surface area contributed by atoms with Gasteiger partial charge in [0.1, 0.15) is 11.6 Å². The van der Waals surface area contributed by atoms with Crippen LogP contribution in [0.4, 0.5) is 5.69 Å². The Kier molecular flexibility index (Phi) is 7.53. The fourth-order valence-corrected chi connectivity index (χ4v) is 2.46. The molecule has 0 aromatic heterocycles. The molecule has 2 aromatic carbocycles. The van der Waals surface area contributed by atoms with E-state index in [2.05, 4.69) is 19.2 Å². The third-order valence-corrected chi connectivity index (χ3v) is 4.09. The second kappa shape index (κ2) is 10.1. The number of ether oxygens (including phenoxy) is 1. The van der Waals surface area contributed by atoms with Gasteiger partial charge in [-0.2, -0.15) is 5.26 Å². The van der Waals surface area contributed by atoms with Gasteiger partial charge < -0.3 is 10.1 Å². The van der Waals surface area contributed by atoms with E-state index in [1.165, 1.54) is 5.56 Å². The van der Waals surface area contributed by atoms with Gasteiger partial charge in [0.05, 0.1) is 12.2 Å². The number of benzene rings is 2. The molecule has 0 fully saturated rings. The van der Waals surface area contributed by atoms with Crippen LogP contribution in [0, 0.1) is 11.3 Å². The quantitative estimate of drug-likeness (QED) is 0.422. The summed E-state index contributed by atoms with van der Waals surface area (Å²) in [6.45, 7) is 6.50. The van der Waals surface area contributed by atoms with Gasteiger partial charge in [0.2, 0.25) is 0 Å². The summed E-state index contributed by atoms with van der Waals surface area (Å²) in [5.41, 5.74) is 2.88. The van der Waals surface area contributed by atoms with Crippen LogP contribution in [-0.4, -0.2) is 18.5 Å². The number of anilines is 1. The Morgan fingerprint density at radius 1 is 1.11 bits per heavy atom. The van der Waals surface area contributed by atoms with E-state index in [-0.39, 0.29) is 5.57 Å². The van der Waals surface area contributed by atoms with Gasteiger partial charge in [0.15, 0.2) is 0 Å². The lowest BCUT2D eigenvalue weighted by Gasteiger charge is -2.07. The van der Waals surface area contributed by atoms with E-state index in [0.29, 0.717) is 23.8 Å². The highest BCUT2D eigenvalue weighted by Gasteiger charge is 2.11. The first-order valence-corrected chi connectivity index (χ1v) is 9.25. The van der Waals surface area contributed by atoms with Crippen molar-refractivity contribution < 1.29 is 14.3 Å². The van der Waals surface area contributed by atoms with Crippen molar-refractivity contribution in [1.29, 1.82) is 5.26 Å². The molecule has 0 spiro atoms. The molecule has 0 unspecified atom stereocenters. The zero-order valence-electron chi connectivity index (χ0n) is 16.4. The Morgan fingerprint density at radius 2 is 1.75 bits per heavy atom. The summed E-state index contributed by atoms with van der Waals surface area (Å²) in [6.07, 6.45) is 2.30. The van der Waals surface area contributed by atoms with Crippen LogP contribution < -0.4 is 5.32 Å². The fourth-order valence-electron chi connectivity index (χ4n) is 2.46. The van der Waals surface area contributed by atoms with E-state index in [1.54, 1.807) is 30.3 Å². The lowest BCUT2D eigenvalue weighted by molar-refractivity contribution is -0.112. The van der Waals surface area contributed by atoms with Crippen LogP contribution in [0.25, 0.3) is 6.08 Å². The molecule has 0 aliphatic carbocycles. The number of nitriles is 1. The largest absolute Gasteiger partial charge is 0.462 e. The summed E-state index contributed by atoms with van der Waals surface area (Å²) in [7, 11) is 0. The summed E-state index contributed by atoms with van der Waals surface area (Å²) in [5.74, 6) is -0.488. The van der Waals surface area contributed by atoms with Crippen LogP contribution in [0.2, 0.25) is 0 Å². The maximum absolute atomic E-state index is 12.4. The normalized spacial score (nSPS) is 11.0. The van der Waals surface area contributed by atoms with E-state index < -0.39 is 11.9 Å². The number of amides is 1.